The van der Waals surface area contributed by atoms with Crippen molar-refractivity contribution in [2.24, 2.45) is 11.7 Å². The molecular formula is C31H39N5O5. The molecule has 41 heavy (non-hydrogen) atoms. The van der Waals surface area contributed by atoms with Gasteiger partial charge in [0.2, 0.25) is 17.7 Å². The second kappa shape index (κ2) is 13.1. The van der Waals surface area contributed by atoms with Crippen LogP contribution in [0.4, 0.5) is 5.69 Å². The van der Waals surface area contributed by atoms with E-state index in [0.29, 0.717) is 73.3 Å². The van der Waals surface area contributed by atoms with Crippen molar-refractivity contribution in [2.45, 2.75) is 64.6 Å². The lowest BCUT2D eigenvalue weighted by atomic mass is 9.83. The van der Waals surface area contributed by atoms with E-state index in [9.17, 15) is 24.0 Å². The number of nitrogens with zero attached hydrogens (tertiary/aromatic N) is 1. The highest BCUT2D eigenvalue weighted by Gasteiger charge is 2.38. The topological polar surface area (TPSA) is 151 Å². The Bertz CT molecular complexity index is 1340. The smallest absolute Gasteiger partial charge is 0.245 e. The second-order valence-electron chi connectivity index (χ2n) is 11.2. The van der Waals surface area contributed by atoms with Crippen molar-refractivity contribution >= 4 is 35.0 Å². The number of ketones is 2. The number of hydrogen-bond acceptors (Lipinski definition) is 7. The van der Waals surface area contributed by atoms with Gasteiger partial charge in [-0.2, -0.15) is 0 Å². The summed E-state index contributed by atoms with van der Waals surface area (Å²) in [4.78, 5) is 66.3. The minimum absolute atomic E-state index is 0.165. The molecule has 3 atom stereocenters. The van der Waals surface area contributed by atoms with Crippen LogP contribution < -0.4 is 21.7 Å². The molecule has 4 rings (SSSR count). The summed E-state index contributed by atoms with van der Waals surface area (Å²) in [5.41, 5.74) is 7.83. The minimum Gasteiger partial charge on any atom is -0.384 e. The quantitative estimate of drug-likeness (QED) is 0.262. The summed E-state index contributed by atoms with van der Waals surface area (Å²) < 4.78 is 0. The zero-order chi connectivity index (χ0) is 29.7. The highest BCUT2D eigenvalue weighted by atomic mass is 16.2. The van der Waals surface area contributed by atoms with Gasteiger partial charge < -0.3 is 26.6 Å². The average Bonchev–Trinajstić information content (AvgIpc) is 3.44. The van der Waals surface area contributed by atoms with Crippen molar-refractivity contribution in [2.75, 3.05) is 25.0 Å². The summed E-state index contributed by atoms with van der Waals surface area (Å²) in [6.07, 6.45) is 2.28. The maximum Gasteiger partial charge on any atom is 0.245 e. The van der Waals surface area contributed by atoms with E-state index < -0.39 is 24.0 Å². The molecule has 0 radical (unpaired) electrons. The summed E-state index contributed by atoms with van der Waals surface area (Å²) in [6.45, 7) is 6.79. The van der Waals surface area contributed by atoms with Gasteiger partial charge in [0.05, 0.1) is 11.6 Å². The van der Waals surface area contributed by atoms with E-state index in [-0.39, 0.29) is 29.3 Å². The molecule has 3 amide bonds. The van der Waals surface area contributed by atoms with Gasteiger partial charge in [0.1, 0.15) is 12.1 Å². The van der Waals surface area contributed by atoms with Gasteiger partial charge in [-0.15, -0.1) is 0 Å². The van der Waals surface area contributed by atoms with Crippen molar-refractivity contribution in [1.29, 1.82) is 0 Å². The van der Waals surface area contributed by atoms with Crippen LogP contribution in [-0.4, -0.2) is 71.9 Å². The fourth-order valence-corrected chi connectivity index (χ4v) is 5.43. The highest BCUT2D eigenvalue weighted by Crippen LogP contribution is 2.31. The predicted octanol–water partition coefficient (Wildman–Crippen LogP) is 2.25. The third kappa shape index (κ3) is 6.65. The average molecular weight is 562 g/mol. The third-order valence-electron chi connectivity index (χ3n) is 7.49. The van der Waals surface area contributed by atoms with Crippen molar-refractivity contribution in [3.63, 3.8) is 0 Å². The number of rotatable bonds is 11. The molecule has 218 valence electrons. The van der Waals surface area contributed by atoms with Crippen LogP contribution in [0.2, 0.25) is 0 Å². The third-order valence-corrected chi connectivity index (χ3v) is 7.49. The molecule has 0 bridgehead atoms. The van der Waals surface area contributed by atoms with E-state index in [1.807, 2.05) is 13.8 Å². The number of hydrogen-bond donors (Lipinski definition) is 4. The molecule has 5 N–H and O–H groups in total. The van der Waals surface area contributed by atoms with Crippen LogP contribution in [0.1, 0.15) is 78.3 Å². The first kappa shape index (κ1) is 29.9. The van der Waals surface area contributed by atoms with E-state index >= 15 is 0 Å². The number of carbonyl (C=O) groups excluding carboxylic acids is 5. The van der Waals surface area contributed by atoms with Gasteiger partial charge in [0, 0.05) is 42.0 Å². The molecule has 10 nitrogen and oxygen atoms in total. The van der Waals surface area contributed by atoms with Crippen LogP contribution >= 0.6 is 0 Å². The van der Waals surface area contributed by atoms with Gasteiger partial charge in [0.15, 0.2) is 11.6 Å². The molecule has 10 heteroatoms. The summed E-state index contributed by atoms with van der Waals surface area (Å²) in [7, 11) is 0. The van der Waals surface area contributed by atoms with Crippen molar-refractivity contribution in [1.82, 2.24) is 15.5 Å². The Morgan fingerprint density at radius 2 is 1.63 bits per heavy atom. The lowest BCUT2D eigenvalue weighted by molar-refractivity contribution is -0.141. The van der Waals surface area contributed by atoms with Gasteiger partial charge in [-0.3, -0.25) is 24.0 Å². The molecule has 0 aromatic heterocycles. The number of nitrogens with two attached hydrogens (primary N) is 1. The first-order valence-electron chi connectivity index (χ1n) is 14.3. The number of amides is 3. The molecule has 2 aromatic carbocycles. The zero-order valence-electron chi connectivity index (χ0n) is 23.9. The number of benzene rings is 2. The van der Waals surface area contributed by atoms with Crippen LogP contribution in [0.5, 0.6) is 0 Å². The number of carbonyl (C=O) groups is 5. The van der Waals surface area contributed by atoms with Gasteiger partial charge in [-0.25, -0.2) is 0 Å². The lowest BCUT2D eigenvalue weighted by Crippen LogP contribution is -2.55. The largest absolute Gasteiger partial charge is 0.384 e. The Morgan fingerprint density at radius 1 is 0.951 bits per heavy atom. The monoisotopic (exact) mass is 561 g/mol. The Labute approximate surface area is 240 Å². The molecule has 1 heterocycles. The molecule has 1 aliphatic heterocycles. The first-order chi connectivity index (χ1) is 19.6. The van der Waals surface area contributed by atoms with Crippen LogP contribution in [0, 0.1) is 5.92 Å². The molecular weight excluding hydrogens is 522 g/mol. The lowest BCUT2D eigenvalue weighted by Gasteiger charge is -2.30. The summed E-state index contributed by atoms with van der Waals surface area (Å²) in [5, 5.41) is 8.92. The fraction of sp³-hybridized carbons (Fsp3) is 0.452. The Balaban J connectivity index is 1.32. The Kier molecular flexibility index (Phi) is 9.54. The fourth-order valence-electron chi connectivity index (χ4n) is 5.43. The first-order valence-corrected chi connectivity index (χ1v) is 14.3. The molecule has 1 saturated heterocycles. The SMILES string of the molecule is CC(C)C[C@H](NC(=O)[C@H](C)N)C(=O)N1CCC[C@H]1C(=O)NCCCNc1cccc2c1C(=O)c1ccccc1C2=O. The molecule has 2 aromatic rings. The van der Waals surface area contributed by atoms with Gasteiger partial charge in [-0.05, 0) is 44.6 Å². The van der Waals surface area contributed by atoms with E-state index in [1.165, 1.54) is 0 Å². The standard InChI is InChI=1S/C31H39N5O5/c1-18(2)17-24(35-29(39)19(3)32)31(41)36-16-7-13-25(36)30(40)34-15-8-14-33-23-12-6-11-22-26(23)28(38)21-10-5-4-9-20(21)27(22)37/h4-6,9-12,18-19,24-25,33H,7-8,13-17,32H2,1-3H3,(H,34,40)(H,35,39)/t19-,24-,25-/m0/s1. The van der Waals surface area contributed by atoms with Crippen molar-refractivity contribution in [3.05, 3.63) is 64.7 Å². The maximum absolute atomic E-state index is 13.4. The number of anilines is 1. The highest BCUT2D eigenvalue weighted by molar-refractivity contribution is 6.30. The maximum atomic E-state index is 13.4. The predicted molar refractivity (Wildman–Crippen MR) is 156 cm³/mol. The Morgan fingerprint density at radius 3 is 2.32 bits per heavy atom. The van der Waals surface area contributed by atoms with Gasteiger partial charge in [-0.1, -0.05) is 50.2 Å². The molecule has 0 saturated carbocycles. The minimum atomic E-state index is -0.737. The van der Waals surface area contributed by atoms with Crippen molar-refractivity contribution < 1.29 is 24.0 Å². The van der Waals surface area contributed by atoms with Crippen LogP contribution in [0.15, 0.2) is 42.5 Å². The number of likely N-dealkylation sites (tertiary alicyclic amines) is 1. The van der Waals surface area contributed by atoms with E-state index in [2.05, 4.69) is 16.0 Å². The van der Waals surface area contributed by atoms with Gasteiger partial charge in [0.25, 0.3) is 0 Å². The zero-order valence-corrected chi connectivity index (χ0v) is 23.9. The molecule has 2 aliphatic rings. The molecule has 0 unspecified atom stereocenters. The number of nitrogens with one attached hydrogen (secondary N) is 3. The van der Waals surface area contributed by atoms with Gasteiger partial charge >= 0.3 is 0 Å². The molecule has 0 spiro atoms. The second-order valence-corrected chi connectivity index (χ2v) is 11.2. The molecule has 1 aliphatic carbocycles. The van der Waals surface area contributed by atoms with Crippen molar-refractivity contribution in [3.8, 4) is 0 Å². The normalized spacial score (nSPS) is 17.5. The van der Waals surface area contributed by atoms with Crippen LogP contribution in [-0.2, 0) is 14.4 Å². The Hall–Kier alpha value is -4.05. The summed E-state index contributed by atoms with van der Waals surface area (Å²) in [5.74, 6) is -1.08. The summed E-state index contributed by atoms with van der Waals surface area (Å²) >= 11 is 0. The number of fused-ring (bicyclic) bond motifs is 2. The van der Waals surface area contributed by atoms with E-state index in [4.69, 9.17) is 5.73 Å². The summed E-state index contributed by atoms with van der Waals surface area (Å²) in [6, 6.07) is 9.95. The van der Waals surface area contributed by atoms with E-state index in [1.54, 1.807) is 54.3 Å². The molecule has 1 fully saturated rings. The van der Waals surface area contributed by atoms with Crippen LogP contribution in [0.3, 0.4) is 0 Å². The van der Waals surface area contributed by atoms with Crippen LogP contribution in [0.25, 0.3) is 0 Å². The van der Waals surface area contributed by atoms with E-state index in [0.717, 1.165) is 0 Å².